The topological polar surface area (TPSA) is 112 Å². The maximum atomic E-state index is 14.2. The Bertz CT molecular complexity index is 671. The number of nitrogens with one attached hydrogen (secondary N) is 3. The molecule has 0 saturated heterocycles. The van der Waals surface area contributed by atoms with Crippen molar-refractivity contribution < 1.29 is 23.8 Å². The number of rotatable bonds is 5. The second kappa shape index (κ2) is 9.59. The summed E-state index contributed by atoms with van der Waals surface area (Å²) < 4.78 is 19.4. The van der Waals surface area contributed by atoms with Gasteiger partial charge < -0.3 is 20.5 Å². The van der Waals surface area contributed by atoms with Crippen molar-refractivity contribution in [1.29, 1.82) is 0 Å². The first-order valence-electron chi connectivity index (χ1n) is 8.17. The van der Waals surface area contributed by atoms with Gasteiger partial charge in [-0.25, -0.2) is 14.0 Å². The van der Waals surface area contributed by atoms with E-state index in [0.29, 0.717) is 18.5 Å². The first-order valence-corrected chi connectivity index (χ1v) is 8.17. The number of hydrogen-bond acceptors (Lipinski definition) is 4. The molecule has 8 nitrogen and oxygen atoms in total. The van der Waals surface area contributed by atoms with E-state index in [1.54, 1.807) is 33.8 Å². The molecule has 0 bridgehead atoms. The Kier molecular flexibility index (Phi) is 7.82. The molecular formula is C17H25FN4O4. The van der Waals surface area contributed by atoms with Gasteiger partial charge in [-0.2, -0.15) is 0 Å². The van der Waals surface area contributed by atoms with E-state index in [2.05, 4.69) is 20.9 Å². The zero-order chi connectivity index (χ0) is 19.7. The Hall–Kier alpha value is -2.84. The highest BCUT2D eigenvalue weighted by atomic mass is 19.1. The summed E-state index contributed by atoms with van der Waals surface area (Å²) in [5.74, 6) is -0.478. The van der Waals surface area contributed by atoms with E-state index in [1.807, 2.05) is 0 Å². The Morgan fingerprint density at radius 1 is 1.31 bits per heavy atom. The molecule has 9 heteroatoms. The number of anilines is 1. The van der Waals surface area contributed by atoms with Crippen LogP contribution in [0.5, 0.6) is 0 Å². The highest BCUT2D eigenvalue weighted by Crippen LogP contribution is 2.16. The summed E-state index contributed by atoms with van der Waals surface area (Å²) in [5.41, 5.74) is 0.0947. The quantitative estimate of drug-likeness (QED) is 0.472. The summed E-state index contributed by atoms with van der Waals surface area (Å²) in [5, 5.41) is 15.9. The molecule has 0 saturated carbocycles. The number of hydrogen-bond donors (Lipinski definition) is 4. The lowest BCUT2D eigenvalue weighted by Crippen LogP contribution is -2.40. The average Bonchev–Trinajstić information content (AvgIpc) is 2.47. The molecule has 0 atom stereocenters. The smallest absolute Gasteiger partial charge is 0.414 e. The molecule has 0 unspecified atom stereocenters. The summed E-state index contributed by atoms with van der Waals surface area (Å²) >= 11 is 0. The average molecular weight is 368 g/mol. The predicted molar refractivity (Wildman–Crippen MR) is 97.1 cm³/mol. The minimum atomic E-state index is -1.13. The van der Waals surface area contributed by atoms with Crippen LogP contribution in [0.4, 0.5) is 19.7 Å². The lowest BCUT2D eigenvalue weighted by Gasteiger charge is -2.20. The van der Waals surface area contributed by atoms with Crippen molar-refractivity contribution in [1.82, 2.24) is 10.6 Å². The van der Waals surface area contributed by atoms with E-state index < -0.39 is 23.6 Å². The SMILES string of the molecule is CCN=C(NC(=O)OC(C)(C)C)Nc1ccc(CCNC(=O)O)cc1F. The lowest BCUT2D eigenvalue weighted by molar-refractivity contribution is 0.0563. The number of nitrogens with zero attached hydrogens (tertiary/aromatic N) is 1. The van der Waals surface area contributed by atoms with E-state index in [1.165, 1.54) is 12.1 Å². The summed E-state index contributed by atoms with van der Waals surface area (Å²) in [4.78, 5) is 26.3. The van der Waals surface area contributed by atoms with Crippen LogP contribution < -0.4 is 16.0 Å². The maximum absolute atomic E-state index is 14.2. The maximum Gasteiger partial charge on any atom is 0.414 e. The van der Waals surface area contributed by atoms with Crippen molar-refractivity contribution in [3.63, 3.8) is 0 Å². The number of carboxylic acid groups (broad SMARTS) is 1. The van der Waals surface area contributed by atoms with Gasteiger partial charge in [0, 0.05) is 13.1 Å². The Balaban J connectivity index is 2.75. The normalized spacial score (nSPS) is 11.7. The second-order valence-corrected chi connectivity index (χ2v) is 6.37. The molecule has 0 aliphatic carbocycles. The summed E-state index contributed by atoms with van der Waals surface area (Å²) in [6.45, 7) is 7.52. The van der Waals surface area contributed by atoms with E-state index in [9.17, 15) is 14.0 Å². The monoisotopic (exact) mass is 368 g/mol. The van der Waals surface area contributed by atoms with Crippen LogP contribution in [0.2, 0.25) is 0 Å². The largest absolute Gasteiger partial charge is 0.465 e. The van der Waals surface area contributed by atoms with Crippen LogP contribution in [0, 0.1) is 5.82 Å². The standard InChI is InChI=1S/C17H25FN4O4/c1-5-19-14(22-16(25)26-17(2,3)4)21-13-7-6-11(10-12(13)18)8-9-20-15(23)24/h6-7,10,20H,5,8-9H2,1-4H3,(H,23,24)(H2,19,21,22,25). The molecule has 1 aromatic rings. The van der Waals surface area contributed by atoms with Crippen molar-refractivity contribution in [3.05, 3.63) is 29.6 Å². The van der Waals surface area contributed by atoms with Crippen molar-refractivity contribution in [2.45, 2.75) is 39.7 Å². The zero-order valence-electron chi connectivity index (χ0n) is 15.4. The van der Waals surface area contributed by atoms with E-state index >= 15 is 0 Å². The van der Waals surface area contributed by atoms with Gasteiger partial charge in [0.05, 0.1) is 5.69 Å². The minimum absolute atomic E-state index is 0.0703. The Morgan fingerprint density at radius 3 is 2.54 bits per heavy atom. The first kappa shape index (κ1) is 21.2. The zero-order valence-corrected chi connectivity index (χ0v) is 15.4. The third-order valence-electron chi connectivity index (χ3n) is 2.91. The van der Waals surface area contributed by atoms with Crippen LogP contribution in [0.1, 0.15) is 33.3 Å². The third-order valence-corrected chi connectivity index (χ3v) is 2.91. The molecular weight excluding hydrogens is 343 g/mol. The summed E-state index contributed by atoms with van der Waals surface area (Å²) in [6.07, 6.45) is -1.47. The number of carbonyl (C=O) groups excluding carboxylic acids is 1. The fraction of sp³-hybridized carbons (Fsp3) is 0.471. The molecule has 26 heavy (non-hydrogen) atoms. The number of aliphatic imine (C=N–C) groups is 1. The van der Waals surface area contributed by atoms with Crippen molar-refractivity contribution >= 4 is 23.8 Å². The number of amides is 2. The van der Waals surface area contributed by atoms with Crippen molar-refractivity contribution in [2.75, 3.05) is 18.4 Å². The lowest BCUT2D eigenvalue weighted by atomic mass is 10.1. The van der Waals surface area contributed by atoms with Gasteiger partial charge in [-0.05, 0) is 51.8 Å². The molecule has 1 aromatic carbocycles. The van der Waals surface area contributed by atoms with Crippen molar-refractivity contribution in [2.24, 2.45) is 4.99 Å². The van der Waals surface area contributed by atoms with Gasteiger partial charge in [-0.15, -0.1) is 0 Å². The Morgan fingerprint density at radius 2 is 2.00 bits per heavy atom. The Labute approximate surface area is 151 Å². The molecule has 4 N–H and O–H groups in total. The van der Waals surface area contributed by atoms with Crippen LogP contribution >= 0.6 is 0 Å². The molecule has 0 aliphatic rings. The molecule has 0 aromatic heterocycles. The van der Waals surface area contributed by atoms with E-state index in [0.717, 1.165) is 0 Å². The summed E-state index contributed by atoms with van der Waals surface area (Å²) in [6, 6.07) is 4.45. The van der Waals surface area contributed by atoms with Gasteiger partial charge in [0.2, 0.25) is 5.96 Å². The fourth-order valence-corrected chi connectivity index (χ4v) is 1.93. The molecule has 0 aliphatic heterocycles. The molecule has 2 amide bonds. The fourth-order valence-electron chi connectivity index (χ4n) is 1.93. The van der Waals surface area contributed by atoms with Crippen LogP contribution in [-0.4, -0.2) is 41.9 Å². The van der Waals surface area contributed by atoms with E-state index in [-0.39, 0.29) is 18.2 Å². The number of alkyl carbamates (subject to hydrolysis) is 1. The molecule has 0 radical (unpaired) electrons. The predicted octanol–water partition coefficient (Wildman–Crippen LogP) is 2.95. The number of carbonyl (C=O) groups is 2. The van der Waals surface area contributed by atoms with Gasteiger partial charge in [0.25, 0.3) is 0 Å². The molecule has 0 heterocycles. The number of benzene rings is 1. The van der Waals surface area contributed by atoms with E-state index in [4.69, 9.17) is 9.84 Å². The van der Waals surface area contributed by atoms with Gasteiger partial charge >= 0.3 is 12.2 Å². The number of ether oxygens (including phenoxy) is 1. The number of halogens is 1. The summed E-state index contributed by atoms with van der Waals surface area (Å²) in [7, 11) is 0. The van der Waals surface area contributed by atoms with Crippen LogP contribution in [0.15, 0.2) is 23.2 Å². The first-order chi connectivity index (χ1) is 12.1. The number of guanidine groups is 1. The van der Waals surface area contributed by atoms with Crippen LogP contribution in [-0.2, 0) is 11.2 Å². The van der Waals surface area contributed by atoms with Gasteiger partial charge in [0.15, 0.2) is 0 Å². The van der Waals surface area contributed by atoms with Crippen LogP contribution in [0.25, 0.3) is 0 Å². The highest BCUT2D eigenvalue weighted by Gasteiger charge is 2.18. The molecule has 1 rings (SSSR count). The molecule has 144 valence electrons. The van der Waals surface area contributed by atoms with Gasteiger partial charge in [0.1, 0.15) is 11.4 Å². The second-order valence-electron chi connectivity index (χ2n) is 6.37. The molecule has 0 fully saturated rings. The van der Waals surface area contributed by atoms with Crippen molar-refractivity contribution in [3.8, 4) is 0 Å². The van der Waals surface area contributed by atoms with Gasteiger partial charge in [-0.3, -0.25) is 10.3 Å². The highest BCUT2D eigenvalue weighted by molar-refractivity contribution is 6.02. The third kappa shape index (κ3) is 8.32. The minimum Gasteiger partial charge on any atom is -0.465 e. The van der Waals surface area contributed by atoms with Crippen LogP contribution in [0.3, 0.4) is 0 Å². The molecule has 0 spiro atoms. The van der Waals surface area contributed by atoms with Gasteiger partial charge in [-0.1, -0.05) is 6.07 Å².